The van der Waals surface area contributed by atoms with Gasteiger partial charge in [-0.1, -0.05) is 51.9 Å². The highest BCUT2D eigenvalue weighted by molar-refractivity contribution is 9.09. The van der Waals surface area contributed by atoms with E-state index in [1.807, 2.05) is 36.4 Å². The van der Waals surface area contributed by atoms with E-state index in [4.69, 9.17) is 42.1 Å². The van der Waals surface area contributed by atoms with Crippen molar-refractivity contribution in [3.05, 3.63) is 82.9 Å². The fraction of sp³-hybridized carbons (Fsp3) is 0.333. The fourth-order valence-electron chi connectivity index (χ4n) is 8.42. The number of hydrogen-bond donors (Lipinski definition) is 1. The fourth-order valence-corrected chi connectivity index (χ4v) is 9.83. The van der Waals surface area contributed by atoms with Gasteiger partial charge in [0.25, 0.3) is 11.8 Å². The molecule has 2 aliphatic heterocycles. The minimum Gasteiger partial charge on any atom is -0.508 e. The second-order valence-corrected chi connectivity index (χ2v) is 15.0. The van der Waals surface area contributed by atoms with Gasteiger partial charge < -0.3 is 24.1 Å². The molecule has 7 rings (SSSR count). The monoisotopic (exact) mass is 824 g/mol. The molecule has 3 aromatic rings. The lowest BCUT2D eigenvalue weighted by Crippen LogP contribution is -2.60. The van der Waals surface area contributed by atoms with Crippen LogP contribution in [0.25, 0.3) is 12.2 Å². The van der Waals surface area contributed by atoms with E-state index in [9.17, 15) is 24.3 Å². The number of carbonyl (C=O) groups is 4. The molecule has 276 valence electrons. The molecule has 14 heteroatoms. The highest BCUT2D eigenvalue weighted by Crippen LogP contribution is 2.67. The molecule has 1 saturated carbocycles. The number of alkyl halides is 3. The maximum atomic E-state index is 14.5. The van der Waals surface area contributed by atoms with E-state index in [1.54, 1.807) is 38.5 Å². The van der Waals surface area contributed by atoms with Gasteiger partial charge in [0.05, 0.1) is 51.4 Å². The van der Waals surface area contributed by atoms with Crippen molar-refractivity contribution in [2.75, 3.05) is 38.8 Å². The van der Waals surface area contributed by atoms with Crippen LogP contribution >= 0.6 is 39.1 Å². The first-order valence-corrected chi connectivity index (χ1v) is 18.6. The van der Waals surface area contributed by atoms with Gasteiger partial charge >= 0.3 is 0 Å². The number of halogens is 3. The minimum atomic E-state index is -2.07. The van der Waals surface area contributed by atoms with Crippen molar-refractivity contribution in [1.29, 1.82) is 0 Å². The van der Waals surface area contributed by atoms with E-state index in [0.29, 0.717) is 22.8 Å². The van der Waals surface area contributed by atoms with E-state index in [-0.39, 0.29) is 47.0 Å². The molecule has 2 saturated heterocycles. The van der Waals surface area contributed by atoms with Crippen molar-refractivity contribution < 1.29 is 43.2 Å². The van der Waals surface area contributed by atoms with Crippen LogP contribution in [0.5, 0.6) is 28.7 Å². The summed E-state index contributed by atoms with van der Waals surface area (Å²) in [4.78, 5) is 54.9. The largest absolute Gasteiger partial charge is 0.508 e. The topological polar surface area (TPSA) is 132 Å². The molecule has 6 atom stereocenters. The molecule has 2 aliphatic carbocycles. The number of phenols is 1. The lowest BCUT2D eigenvalue weighted by atomic mass is 9.56. The first kappa shape index (κ1) is 36.8. The van der Waals surface area contributed by atoms with Crippen molar-refractivity contribution in [3.8, 4) is 28.7 Å². The van der Waals surface area contributed by atoms with Gasteiger partial charge in [0.15, 0.2) is 9.75 Å². The van der Waals surface area contributed by atoms with E-state index >= 15 is 0 Å². The maximum absolute atomic E-state index is 14.5. The summed E-state index contributed by atoms with van der Waals surface area (Å²) in [5.41, 5.74) is 2.70. The molecule has 6 unspecified atom stereocenters. The molecular formula is C39H35BrCl2N2O9. The van der Waals surface area contributed by atoms with Crippen LogP contribution in [0.4, 0.5) is 5.69 Å². The van der Waals surface area contributed by atoms with Gasteiger partial charge in [-0.3, -0.25) is 29.0 Å². The number of phenolic OH excluding ortho intramolecular Hbond substituents is 1. The lowest BCUT2D eigenvalue weighted by Gasteiger charge is -2.51. The number of carbonyl (C=O) groups excluding carboxylic acids is 4. The molecule has 0 bridgehead atoms. The van der Waals surface area contributed by atoms with Gasteiger partial charge in [0, 0.05) is 29.2 Å². The van der Waals surface area contributed by atoms with Crippen LogP contribution in [-0.2, 0) is 19.2 Å². The summed E-state index contributed by atoms with van der Waals surface area (Å²) in [6.07, 6.45) is 5.59. The van der Waals surface area contributed by atoms with Gasteiger partial charge in [-0.2, -0.15) is 0 Å². The van der Waals surface area contributed by atoms with Gasteiger partial charge in [0.1, 0.15) is 28.7 Å². The molecule has 0 radical (unpaired) electrons. The number of nitrogens with zero attached hydrogens (tertiary/aromatic N) is 2. The Morgan fingerprint density at radius 3 is 2.09 bits per heavy atom. The summed E-state index contributed by atoms with van der Waals surface area (Å²) in [6, 6.07) is 15.2. The number of amides is 4. The van der Waals surface area contributed by atoms with E-state index < -0.39 is 51.1 Å². The standard InChI is InChI=1S/C39H35BrCl2N2O9/c1-50-24-11-14-28(51-2)21(15-24)8-5-20-6-9-22(10-7-20)44-34(46)26-13-12-25-27(31(26)35(44)47)18-38(41)36(48)43(19-40)37(49)39(38,42)33(25)32-29(52-3)16-23(45)17-30(32)53-4/h5-12,14-17,26-27,31,33,45H,13,18-19H2,1-4H3. The highest BCUT2D eigenvalue weighted by Gasteiger charge is 2.76. The third-order valence-corrected chi connectivity index (χ3v) is 12.8. The maximum Gasteiger partial charge on any atom is 0.254 e. The minimum absolute atomic E-state index is 0.140. The molecule has 2 heterocycles. The number of hydrogen-bond acceptors (Lipinski definition) is 9. The zero-order valence-electron chi connectivity index (χ0n) is 29.1. The first-order chi connectivity index (χ1) is 25.4. The van der Waals surface area contributed by atoms with Gasteiger partial charge in [-0.25, -0.2) is 0 Å². The average molecular weight is 827 g/mol. The molecule has 11 nitrogen and oxygen atoms in total. The van der Waals surface area contributed by atoms with Gasteiger partial charge in [0.2, 0.25) is 11.8 Å². The lowest BCUT2D eigenvalue weighted by molar-refractivity contribution is -0.138. The van der Waals surface area contributed by atoms with Crippen molar-refractivity contribution in [1.82, 2.24) is 4.90 Å². The second-order valence-electron chi connectivity index (χ2n) is 13.3. The second kappa shape index (κ2) is 13.7. The van der Waals surface area contributed by atoms with Crippen LogP contribution in [0, 0.1) is 17.8 Å². The van der Waals surface area contributed by atoms with Crippen molar-refractivity contribution in [3.63, 3.8) is 0 Å². The summed E-state index contributed by atoms with van der Waals surface area (Å²) in [6.45, 7) is 0. The Morgan fingerprint density at radius 1 is 0.830 bits per heavy atom. The zero-order chi connectivity index (χ0) is 38.0. The number of rotatable bonds is 9. The number of ether oxygens (including phenoxy) is 4. The Balaban J connectivity index is 1.27. The number of anilines is 1. The van der Waals surface area contributed by atoms with Gasteiger partial charge in [-0.05, 0) is 54.7 Å². The predicted octanol–water partition coefficient (Wildman–Crippen LogP) is 6.51. The summed E-state index contributed by atoms with van der Waals surface area (Å²) < 4.78 is 22.2. The predicted molar refractivity (Wildman–Crippen MR) is 202 cm³/mol. The Labute approximate surface area is 324 Å². The molecule has 0 spiro atoms. The number of fused-ring (bicyclic) bond motifs is 4. The summed E-state index contributed by atoms with van der Waals surface area (Å²) >= 11 is 18.0. The van der Waals surface area contributed by atoms with Crippen LogP contribution in [0.2, 0.25) is 0 Å². The zero-order valence-corrected chi connectivity index (χ0v) is 32.2. The third-order valence-electron chi connectivity index (χ3n) is 10.9. The van der Waals surface area contributed by atoms with Crippen molar-refractivity contribution in [2.24, 2.45) is 17.8 Å². The summed E-state index contributed by atoms with van der Waals surface area (Å²) in [5, 5.41) is 10.5. The highest BCUT2D eigenvalue weighted by atomic mass is 79.9. The molecule has 3 fully saturated rings. The van der Waals surface area contributed by atoms with Crippen molar-refractivity contribution in [2.45, 2.75) is 28.5 Å². The normalized spacial score (nSPS) is 27.8. The average Bonchev–Trinajstić information content (AvgIpc) is 3.50. The summed E-state index contributed by atoms with van der Waals surface area (Å²) in [5.74, 6) is -4.36. The van der Waals surface area contributed by atoms with Crippen LogP contribution in [0.3, 0.4) is 0 Å². The number of likely N-dealkylation sites (tertiary alicyclic amines) is 1. The molecular weight excluding hydrogens is 791 g/mol. The smallest absolute Gasteiger partial charge is 0.254 e. The quantitative estimate of drug-likeness (QED) is 0.0844. The van der Waals surface area contributed by atoms with E-state index in [2.05, 4.69) is 15.9 Å². The Morgan fingerprint density at radius 2 is 1.49 bits per heavy atom. The summed E-state index contributed by atoms with van der Waals surface area (Å²) in [7, 11) is 5.95. The Hall–Kier alpha value is -4.52. The SMILES string of the molecule is COc1ccc(OC)c(C=Cc2ccc(N3C(=O)C4CC=C5C(CC6(Cl)C(=O)N(CBr)C(=O)C6(Cl)C5c5c(OC)cc(O)cc5OC)C4C3=O)cc2)c1. The Bertz CT molecular complexity index is 2080. The molecule has 0 aromatic heterocycles. The van der Waals surface area contributed by atoms with Crippen LogP contribution in [-0.4, -0.2) is 77.3 Å². The molecule has 53 heavy (non-hydrogen) atoms. The van der Waals surface area contributed by atoms with Crippen LogP contribution in [0.1, 0.15) is 35.4 Å². The van der Waals surface area contributed by atoms with Crippen molar-refractivity contribution >= 4 is 80.6 Å². The molecule has 4 aliphatic rings. The number of allylic oxidation sites excluding steroid dienone is 2. The number of imide groups is 2. The Kier molecular flexibility index (Phi) is 9.53. The number of benzene rings is 3. The van der Waals surface area contributed by atoms with Crippen LogP contribution < -0.4 is 23.8 Å². The number of methoxy groups -OCH3 is 4. The van der Waals surface area contributed by atoms with Crippen LogP contribution in [0.15, 0.2) is 66.2 Å². The molecule has 4 amide bonds. The number of aromatic hydroxyl groups is 1. The first-order valence-electron chi connectivity index (χ1n) is 16.7. The van der Waals surface area contributed by atoms with E-state index in [1.165, 1.54) is 31.3 Å². The van der Waals surface area contributed by atoms with Gasteiger partial charge in [-0.15, -0.1) is 23.2 Å². The third kappa shape index (κ3) is 5.43. The molecule has 3 aromatic carbocycles. The van der Waals surface area contributed by atoms with E-state index in [0.717, 1.165) is 16.0 Å². The molecule has 1 N–H and O–H groups in total.